The summed E-state index contributed by atoms with van der Waals surface area (Å²) in [6.45, 7) is 3.80. The van der Waals surface area contributed by atoms with Crippen LogP contribution in [-0.4, -0.2) is 32.3 Å². The molecule has 1 heterocycles. The lowest BCUT2D eigenvalue weighted by atomic mass is 10.1. The summed E-state index contributed by atoms with van der Waals surface area (Å²) in [6.07, 6.45) is 0. The van der Waals surface area contributed by atoms with E-state index in [2.05, 4.69) is 36.8 Å². The van der Waals surface area contributed by atoms with Crippen LogP contribution < -0.4 is 10.6 Å². The number of carbonyl (C=O) groups is 2. The molecule has 0 aliphatic rings. The van der Waals surface area contributed by atoms with Crippen LogP contribution in [0.2, 0.25) is 0 Å². The molecule has 2 aromatic carbocycles. The Morgan fingerprint density at radius 1 is 1.17 bits per heavy atom. The first-order chi connectivity index (χ1) is 14.3. The number of rotatable bonds is 7. The van der Waals surface area contributed by atoms with E-state index < -0.39 is 0 Å². The van der Waals surface area contributed by atoms with Crippen LogP contribution >= 0.6 is 27.7 Å². The number of benzene rings is 2. The SMILES string of the molecule is Cc1cccc(C(=O)N[C@H](C)c2nnc(SCC(=O)Nc3ccc(Br)cc3)n2C)c1. The minimum Gasteiger partial charge on any atom is -0.342 e. The zero-order valence-electron chi connectivity index (χ0n) is 16.8. The maximum Gasteiger partial charge on any atom is 0.251 e. The molecular formula is C21H22BrN5O2S. The first kappa shape index (κ1) is 22.0. The van der Waals surface area contributed by atoms with Crippen LogP contribution in [0.1, 0.15) is 34.7 Å². The molecule has 0 fully saturated rings. The topological polar surface area (TPSA) is 88.9 Å². The van der Waals surface area contributed by atoms with Gasteiger partial charge in [-0.3, -0.25) is 9.59 Å². The van der Waals surface area contributed by atoms with Crippen molar-refractivity contribution >= 4 is 45.2 Å². The van der Waals surface area contributed by atoms with Crippen molar-refractivity contribution < 1.29 is 9.59 Å². The minimum absolute atomic E-state index is 0.132. The van der Waals surface area contributed by atoms with Crippen molar-refractivity contribution in [2.24, 2.45) is 7.05 Å². The number of thioether (sulfide) groups is 1. The van der Waals surface area contributed by atoms with Crippen molar-refractivity contribution in [2.45, 2.75) is 25.0 Å². The van der Waals surface area contributed by atoms with E-state index in [1.54, 1.807) is 10.6 Å². The summed E-state index contributed by atoms with van der Waals surface area (Å²) in [5.74, 6) is 0.517. The second-order valence-electron chi connectivity index (χ2n) is 6.81. The van der Waals surface area contributed by atoms with Crippen molar-refractivity contribution in [3.63, 3.8) is 0 Å². The number of nitrogens with one attached hydrogen (secondary N) is 2. The third-order valence-corrected chi connectivity index (χ3v) is 5.89. The Balaban J connectivity index is 1.57. The quantitative estimate of drug-likeness (QED) is 0.489. The molecule has 7 nitrogen and oxygen atoms in total. The largest absolute Gasteiger partial charge is 0.342 e. The fraction of sp³-hybridized carbons (Fsp3) is 0.238. The Morgan fingerprint density at radius 2 is 1.90 bits per heavy atom. The highest BCUT2D eigenvalue weighted by Crippen LogP contribution is 2.20. The summed E-state index contributed by atoms with van der Waals surface area (Å²) in [4.78, 5) is 24.7. The molecule has 0 aliphatic heterocycles. The first-order valence-electron chi connectivity index (χ1n) is 9.28. The third kappa shape index (κ3) is 5.70. The standard InChI is InChI=1S/C21H22BrN5O2S/c1-13-5-4-6-15(11-13)20(29)23-14(2)19-25-26-21(27(19)3)30-12-18(28)24-17-9-7-16(22)8-10-17/h4-11,14H,12H2,1-3H3,(H,23,29)(H,24,28)/t14-/m1/s1. The Hall–Kier alpha value is -2.65. The average Bonchev–Trinajstić information content (AvgIpc) is 3.08. The van der Waals surface area contributed by atoms with Crippen molar-refractivity contribution in [1.29, 1.82) is 0 Å². The zero-order valence-corrected chi connectivity index (χ0v) is 19.3. The molecule has 30 heavy (non-hydrogen) atoms. The predicted molar refractivity (Wildman–Crippen MR) is 122 cm³/mol. The summed E-state index contributed by atoms with van der Waals surface area (Å²) in [7, 11) is 1.82. The van der Waals surface area contributed by atoms with E-state index in [4.69, 9.17) is 0 Å². The summed E-state index contributed by atoms with van der Waals surface area (Å²) >= 11 is 4.65. The summed E-state index contributed by atoms with van der Waals surface area (Å²) in [6, 6.07) is 14.5. The normalized spacial score (nSPS) is 11.7. The van der Waals surface area contributed by atoms with E-state index in [0.29, 0.717) is 16.5 Å². The van der Waals surface area contributed by atoms with E-state index >= 15 is 0 Å². The molecule has 2 N–H and O–H groups in total. The monoisotopic (exact) mass is 487 g/mol. The lowest BCUT2D eigenvalue weighted by Crippen LogP contribution is -2.28. The molecular weight excluding hydrogens is 466 g/mol. The van der Waals surface area contributed by atoms with Crippen molar-refractivity contribution in [3.8, 4) is 0 Å². The first-order valence-corrected chi connectivity index (χ1v) is 11.1. The lowest BCUT2D eigenvalue weighted by Gasteiger charge is -2.14. The van der Waals surface area contributed by atoms with Gasteiger partial charge in [0.2, 0.25) is 5.91 Å². The Labute approximate surface area is 187 Å². The number of aromatic nitrogens is 3. The fourth-order valence-electron chi connectivity index (χ4n) is 2.82. The van der Waals surface area contributed by atoms with Gasteiger partial charge >= 0.3 is 0 Å². The van der Waals surface area contributed by atoms with E-state index in [1.165, 1.54) is 11.8 Å². The lowest BCUT2D eigenvalue weighted by molar-refractivity contribution is -0.113. The van der Waals surface area contributed by atoms with E-state index in [0.717, 1.165) is 15.7 Å². The number of hydrogen-bond acceptors (Lipinski definition) is 5. The van der Waals surface area contributed by atoms with Crippen LogP contribution in [0.15, 0.2) is 58.2 Å². The molecule has 0 radical (unpaired) electrons. The van der Waals surface area contributed by atoms with Gasteiger partial charge < -0.3 is 15.2 Å². The molecule has 9 heteroatoms. The van der Waals surface area contributed by atoms with Gasteiger partial charge in [-0.05, 0) is 50.2 Å². The minimum atomic E-state index is -0.332. The molecule has 0 unspecified atom stereocenters. The molecule has 0 aliphatic carbocycles. The van der Waals surface area contributed by atoms with Gasteiger partial charge in [0.15, 0.2) is 11.0 Å². The Bertz CT molecular complexity index is 1050. The van der Waals surface area contributed by atoms with Crippen molar-refractivity contribution in [2.75, 3.05) is 11.1 Å². The zero-order chi connectivity index (χ0) is 21.7. The average molecular weight is 488 g/mol. The summed E-state index contributed by atoms with van der Waals surface area (Å²) in [5, 5.41) is 14.7. The van der Waals surface area contributed by atoms with Gasteiger partial charge in [0.1, 0.15) is 0 Å². The fourth-order valence-corrected chi connectivity index (χ4v) is 3.80. The smallest absolute Gasteiger partial charge is 0.251 e. The number of halogens is 1. The number of aryl methyl sites for hydroxylation is 1. The van der Waals surface area contributed by atoms with Gasteiger partial charge in [-0.25, -0.2) is 0 Å². The molecule has 2 amide bonds. The highest BCUT2D eigenvalue weighted by molar-refractivity contribution is 9.10. The van der Waals surface area contributed by atoms with Crippen LogP contribution in [0.25, 0.3) is 0 Å². The second kappa shape index (κ2) is 9.90. The number of amides is 2. The highest BCUT2D eigenvalue weighted by Gasteiger charge is 2.19. The number of hydrogen-bond donors (Lipinski definition) is 2. The van der Waals surface area contributed by atoms with Crippen LogP contribution in [0, 0.1) is 6.92 Å². The number of anilines is 1. The molecule has 3 aromatic rings. The van der Waals surface area contributed by atoms with Gasteiger partial charge in [-0.2, -0.15) is 0 Å². The highest BCUT2D eigenvalue weighted by atomic mass is 79.9. The van der Waals surface area contributed by atoms with Gasteiger partial charge in [-0.1, -0.05) is 45.4 Å². The molecule has 0 saturated carbocycles. The van der Waals surface area contributed by atoms with Crippen molar-refractivity contribution in [1.82, 2.24) is 20.1 Å². The Kier molecular flexibility index (Phi) is 7.28. The van der Waals surface area contributed by atoms with Crippen LogP contribution in [-0.2, 0) is 11.8 Å². The Morgan fingerprint density at radius 3 is 2.60 bits per heavy atom. The molecule has 3 rings (SSSR count). The number of nitrogens with zero attached hydrogens (tertiary/aromatic N) is 3. The van der Waals surface area contributed by atoms with Crippen LogP contribution in [0.3, 0.4) is 0 Å². The molecule has 0 bridgehead atoms. The maximum atomic E-state index is 12.5. The van der Waals surface area contributed by atoms with Gasteiger partial charge in [0, 0.05) is 22.8 Å². The second-order valence-corrected chi connectivity index (χ2v) is 8.67. The number of carbonyl (C=O) groups excluding carboxylic acids is 2. The van der Waals surface area contributed by atoms with Crippen molar-refractivity contribution in [3.05, 3.63) is 70.0 Å². The van der Waals surface area contributed by atoms with Gasteiger partial charge in [-0.15, -0.1) is 10.2 Å². The van der Waals surface area contributed by atoms with E-state index in [9.17, 15) is 9.59 Å². The summed E-state index contributed by atoms with van der Waals surface area (Å²) in [5.41, 5.74) is 2.35. The third-order valence-electron chi connectivity index (χ3n) is 4.34. The van der Waals surface area contributed by atoms with Crippen LogP contribution in [0.5, 0.6) is 0 Å². The van der Waals surface area contributed by atoms with Gasteiger partial charge in [0.05, 0.1) is 11.8 Å². The predicted octanol–water partition coefficient (Wildman–Crippen LogP) is 4.11. The van der Waals surface area contributed by atoms with Crippen LogP contribution in [0.4, 0.5) is 5.69 Å². The summed E-state index contributed by atoms with van der Waals surface area (Å²) < 4.78 is 2.74. The molecule has 0 spiro atoms. The molecule has 1 atom stereocenters. The van der Waals surface area contributed by atoms with E-state index in [-0.39, 0.29) is 23.6 Å². The maximum absolute atomic E-state index is 12.5. The molecule has 1 aromatic heterocycles. The molecule has 0 saturated heterocycles. The van der Waals surface area contributed by atoms with E-state index in [1.807, 2.05) is 63.4 Å². The molecule has 156 valence electrons. The van der Waals surface area contributed by atoms with Gasteiger partial charge in [0.25, 0.3) is 5.91 Å².